The fraction of sp³-hybridized carbons (Fsp3) is 0.280. The van der Waals surface area contributed by atoms with Crippen molar-refractivity contribution in [2.24, 2.45) is 5.92 Å². The molecule has 4 rings (SSSR count). The Morgan fingerprint density at radius 1 is 1.19 bits per heavy atom. The van der Waals surface area contributed by atoms with E-state index in [9.17, 15) is 13.2 Å². The summed E-state index contributed by atoms with van der Waals surface area (Å²) in [4.78, 5) is 19.0. The van der Waals surface area contributed by atoms with Gasteiger partial charge in [-0.05, 0) is 55.3 Å². The first-order chi connectivity index (χ1) is 17.1. The lowest BCUT2D eigenvalue weighted by atomic mass is 9.98. The normalized spacial score (nSPS) is 16.5. The van der Waals surface area contributed by atoms with Crippen LogP contribution >= 0.6 is 39.1 Å². The van der Waals surface area contributed by atoms with Crippen molar-refractivity contribution in [3.05, 3.63) is 81.0 Å². The van der Waals surface area contributed by atoms with E-state index >= 15 is 0 Å². The predicted octanol–water partition coefficient (Wildman–Crippen LogP) is 6.00. The molecule has 2 aromatic carbocycles. The number of pyridine rings is 1. The Hall–Kier alpha value is -2.17. The third-order valence-corrected chi connectivity index (χ3v) is 8.66. The molecule has 1 aliphatic heterocycles. The molecule has 0 aliphatic carbocycles. The van der Waals surface area contributed by atoms with Gasteiger partial charge in [0.05, 0.1) is 5.92 Å². The summed E-state index contributed by atoms with van der Waals surface area (Å²) >= 11 is 15.7. The molecule has 0 radical (unpaired) electrons. The number of hydrogen-bond donors (Lipinski definition) is 0. The summed E-state index contributed by atoms with van der Waals surface area (Å²) in [6, 6.07) is 13.6. The topological polar surface area (TPSA) is 79.8 Å². The molecule has 36 heavy (non-hydrogen) atoms. The molecule has 0 spiro atoms. The Morgan fingerprint density at radius 2 is 1.94 bits per heavy atom. The fourth-order valence-electron chi connectivity index (χ4n) is 4.12. The summed E-state index contributed by atoms with van der Waals surface area (Å²) in [6.45, 7) is 0.782. The molecular formula is C25H24BrCl2N3O4S. The fourth-order valence-corrected chi connectivity index (χ4v) is 6.46. The molecule has 0 bridgehead atoms. The van der Waals surface area contributed by atoms with Crippen LogP contribution in [0, 0.1) is 5.92 Å². The van der Waals surface area contributed by atoms with Gasteiger partial charge in [-0.2, -0.15) is 4.31 Å². The van der Waals surface area contributed by atoms with Crippen molar-refractivity contribution in [3.8, 4) is 11.5 Å². The highest BCUT2D eigenvalue weighted by molar-refractivity contribution is 9.10. The molecule has 1 aromatic heterocycles. The molecule has 1 amide bonds. The molecule has 1 saturated heterocycles. The molecule has 190 valence electrons. The molecule has 1 unspecified atom stereocenters. The molecule has 0 N–H and O–H groups in total. The minimum atomic E-state index is -3.71. The van der Waals surface area contributed by atoms with Crippen molar-refractivity contribution in [1.82, 2.24) is 14.2 Å². The van der Waals surface area contributed by atoms with E-state index in [1.54, 1.807) is 36.2 Å². The van der Waals surface area contributed by atoms with Gasteiger partial charge in [-0.15, -0.1) is 0 Å². The van der Waals surface area contributed by atoms with Gasteiger partial charge in [0.1, 0.15) is 16.4 Å². The molecule has 1 atom stereocenters. The van der Waals surface area contributed by atoms with Crippen LogP contribution in [0.5, 0.6) is 11.5 Å². The number of nitrogens with zero attached hydrogens (tertiary/aromatic N) is 3. The highest BCUT2D eigenvalue weighted by Gasteiger charge is 2.34. The van der Waals surface area contributed by atoms with Gasteiger partial charge >= 0.3 is 0 Å². The van der Waals surface area contributed by atoms with E-state index in [1.807, 2.05) is 18.2 Å². The lowest BCUT2D eigenvalue weighted by Gasteiger charge is -2.33. The van der Waals surface area contributed by atoms with Crippen LogP contribution in [0.25, 0.3) is 0 Å². The number of sulfonamides is 1. The van der Waals surface area contributed by atoms with Gasteiger partial charge in [-0.1, -0.05) is 45.2 Å². The number of piperidine rings is 1. The van der Waals surface area contributed by atoms with Crippen molar-refractivity contribution < 1.29 is 17.9 Å². The number of rotatable bonds is 7. The van der Waals surface area contributed by atoms with Crippen molar-refractivity contribution >= 4 is 55.1 Å². The third kappa shape index (κ3) is 6.39. The second-order valence-corrected chi connectivity index (χ2v) is 12.3. The van der Waals surface area contributed by atoms with Crippen LogP contribution in [-0.4, -0.2) is 48.7 Å². The summed E-state index contributed by atoms with van der Waals surface area (Å²) in [5.74, 6) is 0.457. The van der Waals surface area contributed by atoms with Crippen LogP contribution in [0.4, 0.5) is 0 Å². The van der Waals surface area contributed by atoms with Crippen molar-refractivity contribution in [3.63, 3.8) is 0 Å². The molecule has 0 saturated carbocycles. The molecule has 7 nitrogen and oxygen atoms in total. The van der Waals surface area contributed by atoms with Gasteiger partial charge in [-0.25, -0.2) is 8.42 Å². The molecule has 2 heterocycles. The molecule has 3 aromatic rings. The number of ether oxygens (including phenoxy) is 1. The van der Waals surface area contributed by atoms with Gasteiger partial charge < -0.3 is 9.64 Å². The predicted molar refractivity (Wildman–Crippen MR) is 143 cm³/mol. The quantitative estimate of drug-likeness (QED) is 0.327. The Kier molecular flexibility index (Phi) is 8.57. The van der Waals surface area contributed by atoms with Crippen molar-refractivity contribution in [2.45, 2.75) is 24.3 Å². The number of benzene rings is 2. The first-order valence-electron chi connectivity index (χ1n) is 11.2. The maximum Gasteiger partial charge on any atom is 0.244 e. The minimum absolute atomic E-state index is 0.124. The maximum atomic E-state index is 13.3. The standard InChI is InChI=1S/C25H24BrCl2N3O4S/c1-30(15-17-6-7-19(26)10-24(17)35-22-12-20(27)11-21(28)13-22)25(32)18-4-3-9-31(16-18)36(33,34)23-5-2-8-29-14-23/h2,5-8,10-14,18H,3-4,9,15-16H2,1H3. The lowest BCUT2D eigenvalue weighted by molar-refractivity contribution is -0.135. The Balaban J connectivity index is 1.48. The van der Waals surface area contributed by atoms with Crippen LogP contribution in [0.3, 0.4) is 0 Å². The summed E-state index contributed by atoms with van der Waals surface area (Å²) in [7, 11) is -2.01. The second-order valence-electron chi connectivity index (χ2n) is 8.54. The van der Waals surface area contributed by atoms with E-state index in [0.29, 0.717) is 40.9 Å². The van der Waals surface area contributed by atoms with Gasteiger partial charge in [0.15, 0.2) is 0 Å². The number of carbonyl (C=O) groups is 1. The van der Waals surface area contributed by atoms with E-state index in [2.05, 4.69) is 20.9 Å². The summed E-state index contributed by atoms with van der Waals surface area (Å²) in [5, 5.41) is 0.897. The van der Waals surface area contributed by atoms with E-state index in [-0.39, 0.29) is 23.9 Å². The molecule has 1 aliphatic rings. The van der Waals surface area contributed by atoms with Gasteiger partial charge in [0, 0.05) is 59.2 Å². The smallest absolute Gasteiger partial charge is 0.244 e. The largest absolute Gasteiger partial charge is 0.457 e. The van der Waals surface area contributed by atoms with Crippen LogP contribution in [0.1, 0.15) is 18.4 Å². The first-order valence-corrected chi connectivity index (χ1v) is 14.2. The minimum Gasteiger partial charge on any atom is -0.457 e. The number of hydrogen-bond acceptors (Lipinski definition) is 5. The number of halogens is 3. The zero-order chi connectivity index (χ0) is 25.9. The monoisotopic (exact) mass is 611 g/mol. The number of amides is 1. The van der Waals surface area contributed by atoms with Crippen LogP contribution < -0.4 is 4.74 Å². The van der Waals surface area contributed by atoms with Gasteiger partial charge in [0.25, 0.3) is 0 Å². The maximum absolute atomic E-state index is 13.3. The average molecular weight is 613 g/mol. The molecule has 11 heteroatoms. The van der Waals surface area contributed by atoms with Crippen LogP contribution in [0.2, 0.25) is 10.0 Å². The van der Waals surface area contributed by atoms with E-state index < -0.39 is 15.9 Å². The number of carbonyl (C=O) groups excluding carboxylic acids is 1. The Labute approximate surface area is 229 Å². The average Bonchev–Trinajstić information content (AvgIpc) is 2.85. The van der Waals surface area contributed by atoms with E-state index in [0.717, 1.165) is 10.0 Å². The second kappa shape index (κ2) is 11.5. The highest BCUT2D eigenvalue weighted by atomic mass is 79.9. The van der Waals surface area contributed by atoms with Crippen LogP contribution in [-0.2, 0) is 21.4 Å². The SMILES string of the molecule is CN(Cc1ccc(Br)cc1Oc1cc(Cl)cc(Cl)c1)C(=O)C1CCCN(S(=O)(=O)c2cccnc2)C1. The highest BCUT2D eigenvalue weighted by Crippen LogP contribution is 2.33. The molecule has 1 fully saturated rings. The van der Waals surface area contributed by atoms with Crippen LogP contribution in [0.15, 0.2) is 70.3 Å². The number of aromatic nitrogens is 1. The first kappa shape index (κ1) is 26.9. The van der Waals surface area contributed by atoms with E-state index in [4.69, 9.17) is 27.9 Å². The third-order valence-electron chi connectivity index (χ3n) is 5.88. The summed E-state index contributed by atoms with van der Waals surface area (Å²) in [5.41, 5.74) is 0.779. The van der Waals surface area contributed by atoms with Gasteiger partial charge in [0.2, 0.25) is 15.9 Å². The van der Waals surface area contributed by atoms with Crippen molar-refractivity contribution in [1.29, 1.82) is 0 Å². The molecular weight excluding hydrogens is 589 g/mol. The van der Waals surface area contributed by atoms with Crippen molar-refractivity contribution in [2.75, 3.05) is 20.1 Å². The van der Waals surface area contributed by atoms with E-state index in [1.165, 1.54) is 22.8 Å². The Bertz CT molecular complexity index is 1340. The lowest BCUT2D eigenvalue weighted by Crippen LogP contribution is -2.45. The van der Waals surface area contributed by atoms with Gasteiger partial charge in [-0.3, -0.25) is 9.78 Å². The summed E-state index contributed by atoms with van der Waals surface area (Å²) < 4.78 is 34.3. The Morgan fingerprint density at radius 3 is 2.64 bits per heavy atom. The summed E-state index contributed by atoms with van der Waals surface area (Å²) in [6.07, 6.45) is 4.07. The zero-order valence-electron chi connectivity index (χ0n) is 19.4. The zero-order valence-corrected chi connectivity index (χ0v) is 23.3.